The summed E-state index contributed by atoms with van der Waals surface area (Å²) in [5.74, 6) is 2.14. The standard InChI is InChI=1S/C23H32O4/c1-13-11-21-20-7-5-16-12-17(26)6-8-18(16)19(20)9-10-22(21,4)23(13,14(2)24)27-15(3)25/h12-13,18-21H,5-11H2,1-4H3/t13?,18-,19+,20+,21-,22-,23?/m0/s1. The molecule has 0 spiro atoms. The Morgan fingerprint density at radius 2 is 1.85 bits per heavy atom. The molecule has 4 heteroatoms. The monoisotopic (exact) mass is 372 g/mol. The average Bonchev–Trinajstić information content (AvgIpc) is 2.82. The van der Waals surface area contributed by atoms with Gasteiger partial charge in [-0.1, -0.05) is 19.4 Å². The van der Waals surface area contributed by atoms with Gasteiger partial charge >= 0.3 is 5.97 Å². The van der Waals surface area contributed by atoms with Crippen molar-refractivity contribution in [1.29, 1.82) is 0 Å². The summed E-state index contributed by atoms with van der Waals surface area (Å²) in [6.07, 6.45) is 8.65. The van der Waals surface area contributed by atoms with Crippen LogP contribution in [0.4, 0.5) is 0 Å². The van der Waals surface area contributed by atoms with Crippen molar-refractivity contribution >= 4 is 17.5 Å². The molecule has 0 bridgehead atoms. The molecule has 0 heterocycles. The summed E-state index contributed by atoms with van der Waals surface area (Å²) in [4.78, 5) is 36.7. The lowest BCUT2D eigenvalue weighted by molar-refractivity contribution is -0.191. The molecule has 3 saturated carbocycles. The van der Waals surface area contributed by atoms with Crippen LogP contribution in [0.1, 0.15) is 72.6 Å². The van der Waals surface area contributed by atoms with E-state index < -0.39 is 5.60 Å². The molecule has 148 valence electrons. The number of ether oxygens (including phenoxy) is 1. The second-order valence-electron chi connectivity index (χ2n) is 9.78. The predicted octanol–water partition coefficient (Wildman–Crippen LogP) is 4.27. The Hall–Kier alpha value is -1.45. The minimum Gasteiger partial charge on any atom is -0.450 e. The van der Waals surface area contributed by atoms with E-state index in [1.807, 2.05) is 6.08 Å². The van der Waals surface area contributed by atoms with Gasteiger partial charge in [-0.05, 0) is 75.2 Å². The molecule has 0 aromatic heterocycles. The lowest BCUT2D eigenvalue weighted by atomic mass is 9.50. The van der Waals surface area contributed by atoms with E-state index in [9.17, 15) is 14.4 Å². The molecule has 4 rings (SSSR count). The van der Waals surface area contributed by atoms with E-state index in [1.54, 1.807) is 6.92 Å². The number of hydrogen-bond acceptors (Lipinski definition) is 4. The highest BCUT2D eigenvalue weighted by atomic mass is 16.6. The molecule has 4 aliphatic carbocycles. The molecule has 0 aliphatic heterocycles. The first-order chi connectivity index (χ1) is 12.7. The van der Waals surface area contributed by atoms with Crippen molar-refractivity contribution in [3.8, 4) is 0 Å². The highest BCUT2D eigenvalue weighted by Gasteiger charge is 2.69. The first-order valence-corrected chi connectivity index (χ1v) is 10.6. The van der Waals surface area contributed by atoms with Gasteiger partial charge in [-0.2, -0.15) is 0 Å². The van der Waals surface area contributed by atoms with E-state index in [2.05, 4.69) is 13.8 Å². The number of hydrogen-bond donors (Lipinski definition) is 0. The molecule has 0 aromatic carbocycles. The van der Waals surface area contributed by atoms with Gasteiger partial charge in [-0.25, -0.2) is 0 Å². The van der Waals surface area contributed by atoms with Gasteiger partial charge in [0.05, 0.1) is 0 Å². The van der Waals surface area contributed by atoms with Gasteiger partial charge < -0.3 is 4.74 Å². The van der Waals surface area contributed by atoms with E-state index in [-0.39, 0.29) is 23.1 Å². The minimum absolute atomic E-state index is 0.00769. The van der Waals surface area contributed by atoms with Crippen molar-refractivity contribution < 1.29 is 19.1 Å². The number of rotatable bonds is 2. The Morgan fingerprint density at radius 1 is 1.11 bits per heavy atom. The highest BCUT2D eigenvalue weighted by molar-refractivity contribution is 5.91. The molecule has 27 heavy (non-hydrogen) atoms. The van der Waals surface area contributed by atoms with Crippen LogP contribution in [-0.4, -0.2) is 23.1 Å². The first kappa shape index (κ1) is 18.9. The summed E-state index contributed by atoms with van der Waals surface area (Å²) in [6.45, 7) is 7.33. The third kappa shape index (κ3) is 2.51. The predicted molar refractivity (Wildman–Crippen MR) is 102 cm³/mol. The lowest BCUT2D eigenvalue weighted by Crippen LogP contribution is -2.59. The van der Waals surface area contributed by atoms with Gasteiger partial charge in [0.15, 0.2) is 17.2 Å². The number of carbonyl (C=O) groups excluding carboxylic acids is 3. The van der Waals surface area contributed by atoms with Crippen LogP contribution in [-0.2, 0) is 19.1 Å². The van der Waals surface area contributed by atoms with Crippen LogP contribution in [0.3, 0.4) is 0 Å². The van der Waals surface area contributed by atoms with Gasteiger partial charge in [-0.15, -0.1) is 0 Å². The topological polar surface area (TPSA) is 60.4 Å². The van der Waals surface area contributed by atoms with Crippen molar-refractivity contribution in [1.82, 2.24) is 0 Å². The largest absolute Gasteiger partial charge is 0.450 e. The fourth-order valence-electron chi connectivity index (χ4n) is 7.77. The van der Waals surface area contributed by atoms with Gasteiger partial charge in [0.1, 0.15) is 0 Å². The van der Waals surface area contributed by atoms with E-state index in [1.165, 1.54) is 12.5 Å². The summed E-state index contributed by atoms with van der Waals surface area (Å²) >= 11 is 0. The second-order valence-corrected chi connectivity index (χ2v) is 9.78. The fraction of sp³-hybridized carbons (Fsp3) is 0.783. The summed E-state index contributed by atoms with van der Waals surface area (Å²) in [7, 11) is 0. The summed E-state index contributed by atoms with van der Waals surface area (Å²) < 4.78 is 5.90. The van der Waals surface area contributed by atoms with Gasteiger partial charge in [0.25, 0.3) is 0 Å². The van der Waals surface area contributed by atoms with Crippen molar-refractivity contribution in [2.24, 2.45) is 35.0 Å². The molecule has 0 saturated heterocycles. The van der Waals surface area contributed by atoms with E-state index in [0.29, 0.717) is 35.9 Å². The Kier molecular flexibility index (Phi) is 4.40. The number of Topliss-reactive ketones (excluding diaryl/α,β-unsaturated/α-hetero) is 1. The number of esters is 1. The molecule has 0 N–H and O–H groups in total. The van der Waals surface area contributed by atoms with E-state index in [4.69, 9.17) is 4.74 Å². The highest BCUT2D eigenvalue weighted by Crippen LogP contribution is 2.67. The van der Waals surface area contributed by atoms with E-state index in [0.717, 1.165) is 38.5 Å². The van der Waals surface area contributed by atoms with Gasteiger partial charge in [0.2, 0.25) is 0 Å². The molecule has 4 nitrogen and oxygen atoms in total. The van der Waals surface area contributed by atoms with Crippen molar-refractivity contribution in [2.45, 2.75) is 78.2 Å². The van der Waals surface area contributed by atoms with Crippen LogP contribution in [0.25, 0.3) is 0 Å². The molecule has 2 unspecified atom stereocenters. The van der Waals surface area contributed by atoms with E-state index >= 15 is 0 Å². The zero-order chi connectivity index (χ0) is 19.6. The fourth-order valence-corrected chi connectivity index (χ4v) is 7.77. The normalized spacial score (nSPS) is 46.0. The molecule has 0 amide bonds. The zero-order valence-electron chi connectivity index (χ0n) is 17.0. The molecule has 4 aliphatic rings. The maximum Gasteiger partial charge on any atom is 0.303 e. The number of allylic oxidation sites excluding steroid dienone is 1. The van der Waals surface area contributed by atoms with Crippen molar-refractivity contribution in [2.75, 3.05) is 0 Å². The number of carbonyl (C=O) groups is 3. The van der Waals surface area contributed by atoms with Crippen LogP contribution in [0.5, 0.6) is 0 Å². The summed E-state index contributed by atoms with van der Waals surface area (Å²) in [5.41, 5.74) is 0.115. The van der Waals surface area contributed by atoms with Crippen molar-refractivity contribution in [3.05, 3.63) is 11.6 Å². The second kappa shape index (κ2) is 6.28. The first-order valence-electron chi connectivity index (χ1n) is 10.6. The minimum atomic E-state index is -0.979. The van der Waals surface area contributed by atoms with Crippen LogP contribution in [0.2, 0.25) is 0 Å². The quantitative estimate of drug-likeness (QED) is 0.679. The molecule has 0 radical (unpaired) electrons. The molecular formula is C23H32O4. The van der Waals surface area contributed by atoms with Crippen molar-refractivity contribution in [3.63, 3.8) is 0 Å². The molecule has 3 fully saturated rings. The zero-order valence-corrected chi connectivity index (χ0v) is 17.0. The van der Waals surface area contributed by atoms with Gasteiger partial charge in [0, 0.05) is 24.7 Å². The van der Waals surface area contributed by atoms with Crippen LogP contribution in [0.15, 0.2) is 11.6 Å². The van der Waals surface area contributed by atoms with Gasteiger partial charge in [-0.3, -0.25) is 14.4 Å². The third-order valence-electron chi connectivity index (χ3n) is 8.67. The Labute approximate surface area is 162 Å². The summed E-state index contributed by atoms with van der Waals surface area (Å²) in [6, 6.07) is 0. The Balaban J connectivity index is 1.70. The molecular weight excluding hydrogens is 340 g/mol. The third-order valence-corrected chi connectivity index (χ3v) is 8.67. The summed E-state index contributed by atoms with van der Waals surface area (Å²) in [5, 5.41) is 0. The maximum absolute atomic E-state index is 12.9. The molecule has 0 aromatic rings. The van der Waals surface area contributed by atoms with Crippen LogP contribution >= 0.6 is 0 Å². The van der Waals surface area contributed by atoms with Crippen LogP contribution in [0, 0.1) is 35.0 Å². The smallest absolute Gasteiger partial charge is 0.303 e. The molecule has 7 atom stereocenters. The maximum atomic E-state index is 12.9. The van der Waals surface area contributed by atoms with Crippen LogP contribution < -0.4 is 0 Å². The Bertz CT molecular complexity index is 722. The lowest BCUT2D eigenvalue weighted by Gasteiger charge is -2.55. The Morgan fingerprint density at radius 3 is 2.52 bits per heavy atom. The SMILES string of the molecule is CC(=O)OC1(C(C)=O)C(C)C[C@H]2[C@@H]3CCC4=CC(=O)CC[C@@H]4[C@H]3CC[C@@]21C. The number of fused-ring (bicyclic) bond motifs is 5. The number of ketones is 2. The average molecular weight is 373 g/mol.